The van der Waals surface area contributed by atoms with E-state index < -0.39 is 11.8 Å². The zero-order valence-corrected chi connectivity index (χ0v) is 21.8. The highest BCUT2D eigenvalue weighted by molar-refractivity contribution is 5.83. The Morgan fingerprint density at radius 1 is 0.657 bits per heavy atom. The second-order valence-corrected chi connectivity index (χ2v) is 9.23. The van der Waals surface area contributed by atoms with Crippen molar-refractivity contribution < 1.29 is 24.2 Å². The summed E-state index contributed by atoms with van der Waals surface area (Å²) in [6.45, 7) is 2.48. The molecule has 1 rings (SSSR count). The number of rotatable bonds is 22. The van der Waals surface area contributed by atoms with E-state index in [1.165, 1.54) is 102 Å². The molecule has 0 atom stereocenters. The fourth-order valence-corrected chi connectivity index (χ4v) is 3.82. The van der Waals surface area contributed by atoms with Crippen LogP contribution in [0.15, 0.2) is 24.3 Å². The highest BCUT2D eigenvalue weighted by Gasteiger charge is 2.06. The minimum Gasteiger partial charge on any atom is -0.508 e. The van der Waals surface area contributed by atoms with E-state index in [0.717, 1.165) is 12.8 Å². The van der Waals surface area contributed by atoms with Crippen LogP contribution in [0.25, 0.3) is 0 Å². The van der Waals surface area contributed by atoms with Gasteiger partial charge in [-0.05, 0) is 30.7 Å². The standard InChI is InChI=1S/C28H48N2O5/c1-2-3-4-5-6-7-8-9-10-11-12-13-14-15-16-17-22-34-23-27(32)29-30-28(33)24-35-26-20-18-25(31)19-21-26/h18-21,31H,2-17,22-24H2,1H3,(H,29,32)(H,30,33). The number of carbonyl (C=O) groups is 2. The lowest BCUT2D eigenvalue weighted by Gasteiger charge is -2.09. The first-order valence-electron chi connectivity index (χ1n) is 13.7. The van der Waals surface area contributed by atoms with Crippen molar-refractivity contribution >= 4 is 11.8 Å². The predicted octanol–water partition coefficient (Wildman–Crippen LogP) is 6.20. The molecule has 0 saturated heterocycles. The smallest absolute Gasteiger partial charge is 0.276 e. The van der Waals surface area contributed by atoms with E-state index in [2.05, 4.69) is 17.8 Å². The first kappa shape index (κ1) is 30.8. The molecule has 0 aliphatic carbocycles. The van der Waals surface area contributed by atoms with Gasteiger partial charge in [0.25, 0.3) is 11.8 Å². The van der Waals surface area contributed by atoms with Gasteiger partial charge < -0.3 is 14.6 Å². The highest BCUT2D eigenvalue weighted by atomic mass is 16.5. The van der Waals surface area contributed by atoms with Gasteiger partial charge in [0.05, 0.1) is 0 Å². The third kappa shape index (κ3) is 19.7. The van der Waals surface area contributed by atoms with Gasteiger partial charge in [0.2, 0.25) is 0 Å². The molecule has 200 valence electrons. The van der Waals surface area contributed by atoms with E-state index in [1.54, 1.807) is 12.1 Å². The number of phenols is 1. The zero-order chi connectivity index (χ0) is 25.4. The number of nitrogens with one attached hydrogen (secondary N) is 2. The quantitative estimate of drug-likeness (QED) is 0.132. The number of aromatic hydroxyl groups is 1. The Morgan fingerprint density at radius 3 is 1.57 bits per heavy atom. The predicted molar refractivity (Wildman–Crippen MR) is 140 cm³/mol. The van der Waals surface area contributed by atoms with Crippen molar-refractivity contribution in [3.8, 4) is 11.5 Å². The van der Waals surface area contributed by atoms with Crippen LogP contribution in [0.1, 0.15) is 110 Å². The average Bonchev–Trinajstić information content (AvgIpc) is 2.86. The maximum absolute atomic E-state index is 11.7. The van der Waals surface area contributed by atoms with Crippen molar-refractivity contribution in [2.75, 3.05) is 19.8 Å². The van der Waals surface area contributed by atoms with Crippen molar-refractivity contribution in [1.82, 2.24) is 10.9 Å². The summed E-state index contributed by atoms with van der Waals surface area (Å²) in [6, 6.07) is 6.03. The molecule has 0 aliphatic heterocycles. The Morgan fingerprint density at radius 2 is 1.09 bits per heavy atom. The number of unbranched alkanes of at least 4 members (excludes halogenated alkanes) is 15. The molecule has 1 aromatic rings. The molecule has 0 bridgehead atoms. The van der Waals surface area contributed by atoms with Gasteiger partial charge in [0, 0.05) is 6.61 Å². The van der Waals surface area contributed by atoms with Crippen molar-refractivity contribution in [2.24, 2.45) is 0 Å². The van der Waals surface area contributed by atoms with Crippen LogP contribution in [-0.2, 0) is 14.3 Å². The van der Waals surface area contributed by atoms with Crippen LogP contribution in [0, 0.1) is 0 Å². The first-order chi connectivity index (χ1) is 17.1. The number of carbonyl (C=O) groups excluding carboxylic acids is 2. The minimum absolute atomic E-state index is 0.0855. The summed E-state index contributed by atoms with van der Waals surface area (Å²) >= 11 is 0. The van der Waals surface area contributed by atoms with Gasteiger partial charge in [-0.3, -0.25) is 20.4 Å². The number of amides is 2. The lowest BCUT2D eigenvalue weighted by molar-refractivity contribution is -0.132. The molecule has 0 fully saturated rings. The fraction of sp³-hybridized carbons (Fsp3) is 0.714. The lowest BCUT2D eigenvalue weighted by atomic mass is 10.0. The number of hydrazine groups is 1. The van der Waals surface area contributed by atoms with E-state index in [4.69, 9.17) is 9.47 Å². The molecule has 0 unspecified atom stereocenters. The van der Waals surface area contributed by atoms with Gasteiger partial charge >= 0.3 is 0 Å². The Bertz CT molecular complexity index is 651. The van der Waals surface area contributed by atoms with Crippen LogP contribution < -0.4 is 15.6 Å². The summed E-state index contributed by atoms with van der Waals surface area (Å²) in [5.41, 5.74) is 4.58. The third-order valence-corrected chi connectivity index (χ3v) is 5.92. The van der Waals surface area contributed by atoms with Gasteiger partial charge in [-0.1, -0.05) is 103 Å². The maximum Gasteiger partial charge on any atom is 0.276 e. The van der Waals surface area contributed by atoms with Crippen molar-refractivity contribution in [2.45, 2.75) is 110 Å². The molecular weight excluding hydrogens is 444 g/mol. The van der Waals surface area contributed by atoms with Gasteiger partial charge in [0.1, 0.15) is 18.1 Å². The molecule has 0 heterocycles. The summed E-state index contributed by atoms with van der Waals surface area (Å²) in [6.07, 6.45) is 21.2. The summed E-state index contributed by atoms with van der Waals surface area (Å²) < 4.78 is 10.6. The maximum atomic E-state index is 11.7. The Hall–Kier alpha value is -2.28. The number of ether oxygens (including phenoxy) is 2. The minimum atomic E-state index is -0.482. The molecule has 0 aromatic heterocycles. The highest BCUT2D eigenvalue weighted by Crippen LogP contribution is 2.16. The molecule has 7 nitrogen and oxygen atoms in total. The molecule has 7 heteroatoms. The second-order valence-electron chi connectivity index (χ2n) is 9.23. The Labute approximate surface area is 212 Å². The van der Waals surface area contributed by atoms with Gasteiger partial charge in [0.15, 0.2) is 6.61 Å². The topological polar surface area (TPSA) is 96.9 Å². The van der Waals surface area contributed by atoms with Crippen LogP contribution in [0.2, 0.25) is 0 Å². The monoisotopic (exact) mass is 492 g/mol. The number of hydrogen-bond acceptors (Lipinski definition) is 5. The third-order valence-electron chi connectivity index (χ3n) is 5.92. The normalized spacial score (nSPS) is 10.8. The summed E-state index contributed by atoms with van der Waals surface area (Å²) in [5.74, 6) is -0.316. The zero-order valence-electron chi connectivity index (χ0n) is 21.8. The lowest BCUT2D eigenvalue weighted by Crippen LogP contribution is -2.45. The van der Waals surface area contributed by atoms with Gasteiger partial charge in [-0.15, -0.1) is 0 Å². The molecule has 0 aliphatic rings. The Balaban J connectivity index is 1.80. The van der Waals surface area contributed by atoms with Crippen LogP contribution >= 0.6 is 0 Å². The largest absolute Gasteiger partial charge is 0.508 e. The molecule has 0 radical (unpaired) electrons. The number of benzene rings is 1. The summed E-state index contributed by atoms with van der Waals surface area (Å²) in [5, 5.41) is 9.21. The van der Waals surface area contributed by atoms with Crippen molar-refractivity contribution in [3.63, 3.8) is 0 Å². The SMILES string of the molecule is CCCCCCCCCCCCCCCCCCOCC(=O)NNC(=O)COc1ccc(O)cc1. The fourth-order valence-electron chi connectivity index (χ4n) is 3.82. The summed E-state index contributed by atoms with van der Waals surface area (Å²) in [7, 11) is 0. The molecule has 1 aromatic carbocycles. The van der Waals surface area contributed by atoms with Crippen molar-refractivity contribution in [3.05, 3.63) is 24.3 Å². The first-order valence-corrected chi connectivity index (χ1v) is 13.7. The average molecular weight is 493 g/mol. The molecular formula is C28H48N2O5. The van der Waals surface area contributed by atoms with E-state index in [1.807, 2.05) is 0 Å². The van der Waals surface area contributed by atoms with Gasteiger partial charge in [-0.2, -0.15) is 0 Å². The van der Waals surface area contributed by atoms with Crippen LogP contribution in [-0.4, -0.2) is 36.7 Å². The molecule has 2 amide bonds. The molecule has 0 spiro atoms. The number of hydrogen-bond donors (Lipinski definition) is 3. The van der Waals surface area contributed by atoms with E-state index in [9.17, 15) is 14.7 Å². The van der Waals surface area contributed by atoms with Crippen LogP contribution in [0.4, 0.5) is 0 Å². The second kappa shape index (κ2) is 22.2. The Kier molecular flexibility index (Phi) is 19.5. The summed E-state index contributed by atoms with van der Waals surface area (Å²) in [4.78, 5) is 23.4. The molecule has 0 saturated carbocycles. The van der Waals surface area contributed by atoms with Crippen LogP contribution in [0.3, 0.4) is 0 Å². The van der Waals surface area contributed by atoms with Gasteiger partial charge in [-0.25, -0.2) is 0 Å². The van der Waals surface area contributed by atoms with E-state index in [0.29, 0.717) is 12.4 Å². The molecule has 3 N–H and O–H groups in total. The van der Waals surface area contributed by atoms with E-state index in [-0.39, 0.29) is 19.0 Å². The van der Waals surface area contributed by atoms with Crippen molar-refractivity contribution in [1.29, 1.82) is 0 Å². The molecule has 35 heavy (non-hydrogen) atoms. The number of phenolic OH excluding ortho intramolecular Hbond substituents is 1. The van der Waals surface area contributed by atoms with E-state index >= 15 is 0 Å². The van der Waals surface area contributed by atoms with Crippen LogP contribution in [0.5, 0.6) is 11.5 Å².